The van der Waals surface area contributed by atoms with E-state index in [1.807, 2.05) is 0 Å². The highest BCUT2D eigenvalue weighted by Crippen LogP contribution is 2.24. The van der Waals surface area contributed by atoms with Gasteiger partial charge in [-0.2, -0.15) is 0 Å². The lowest BCUT2D eigenvalue weighted by atomic mass is 11.0. The molecule has 1 heterocycles. The molecule has 0 unspecified atom stereocenters. The first-order valence-electron chi connectivity index (χ1n) is 1.47. The molecule has 0 aromatic heterocycles. The lowest BCUT2D eigenvalue weighted by molar-refractivity contribution is 0.968. The van der Waals surface area contributed by atoms with Gasteiger partial charge in [0.05, 0.1) is 0 Å². The SMILES string of the molecule is ISN1CC1. The fraction of sp³-hybridized carbons (Fsp3) is 1.00. The van der Waals surface area contributed by atoms with E-state index in [1.165, 1.54) is 13.1 Å². The molecule has 0 N–H and O–H groups in total. The molecule has 0 saturated carbocycles. The van der Waals surface area contributed by atoms with Crippen LogP contribution in [0, 0.1) is 0 Å². The summed E-state index contributed by atoms with van der Waals surface area (Å²) in [7, 11) is 1.79. The Hall–Kier alpha value is 1.04. The van der Waals surface area contributed by atoms with Gasteiger partial charge in [0.1, 0.15) is 0 Å². The van der Waals surface area contributed by atoms with Gasteiger partial charge in [0, 0.05) is 34.3 Å². The summed E-state index contributed by atoms with van der Waals surface area (Å²) in [6.45, 7) is 2.60. The normalized spacial score (nSPS) is 23.4. The molecule has 0 radical (unpaired) electrons. The Labute approximate surface area is 47.8 Å². The molecule has 0 bridgehead atoms. The summed E-state index contributed by atoms with van der Waals surface area (Å²) in [5.74, 6) is 0. The van der Waals surface area contributed by atoms with Gasteiger partial charge in [-0.3, -0.25) is 0 Å². The Morgan fingerprint density at radius 1 is 1.60 bits per heavy atom. The first-order chi connectivity index (χ1) is 2.43. The second-order valence-electron chi connectivity index (χ2n) is 0.998. The molecular formula is C2H4INS. The summed E-state index contributed by atoms with van der Waals surface area (Å²) in [4.78, 5) is 0. The van der Waals surface area contributed by atoms with E-state index in [4.69, 9.17) is 0 Å². The van der Waals surface area contributed by atoms with Gasteiger partial charge >= 0.3 is 0 Å². The molecule has 0 amide bonds. The van der Waals surface area contributed by atoms with Crippen LogP contribution in [0.25, 0.3) is 0 Å². The van der Waals surface area contributed by atoms with E-state index in [0.717, 1.165) is 0 Å². The van der Waals surface area contributed by atoms with E-state index >= 15 is 0 Å². The maximum absolute atomic E-state index is 2.28. The molecule has 0 aromatic carbocycles. The van der Waals surface area contributed by atoms with Crippen LogP contribution in [0.2, 0.25) is 0 Å². The lowest BCUT2D eigenvalue weighted by Gasteiger charge is -1.78. The minimum absolute atomic E-state index is 1.30. The molecule has 3 heteroatoms. The van der Waals surface area contributed by atoms with Crippen molar-refractivity contribution >= 4 is 30.3 Å². The van der Waals surface area contributed by atoms with Gasteiger partial charge in [0.25, 0.3) is 0 Å². The second-order valence-corrected chi connectivity index (χ2v) is 2.83. The van der Waals surface area contributed by atoms with E-state index in [0.29, 0.717) is 0 Å². The first kappa shape index (κ1) is 4.21. The van der Waals surface area contributed by atoms with Crippen molar-refractivity contribution in [2.24, 2.45) is 0 Å². The molecular weight excluding hydrogens is 197 g/mol. The molecule has 1 rings (SSSR count). The summed E-state index contributed by atoms with van der Waals surface area (Å²) >= 11 is 2.28. The van der Waals surface area contributed by atoms with E-state index < -0.39 is 0 Å². The molecule has 1 saturated heterocycles. The standard InChI is InChI=1S/C2H4INS/c3-5-4-1-2-4/h1-2H2. The first-order valence-corrected chi connectivity index (χ1v) is 4.79. The van der Waals surface area contributed by atoms with Gasteiger partial charge in [0.2, 0.25) is 0 Å². The number of nitrogens with zero attached hydrogens (tertiary/aromatic N) is 1. The fourth-order valence-electron chi connectivity index (χ4n) is 0.110. The van der Waals surface area contributed by atoms with Crippen LogP contribution in [-0.4, -0.2) is 17.4 Å². The third-order valence-electron chi connectivity index (χ3n) is 0.504. The van der Waals surface area contributed by atoms with Crippen LogP contribution >= 0.6 is 30.3 Å². The van der Waals surface area contributed by atoms with Crippen molar-refractivity contribution in [3.05, 3.63) is 0 Å². The molecule has 5 heavy (non-hydrogen) atoms. The van der Waals surface area contributed by atoms with Crippen LogP contribution in [0.5, 0.6) is 0 Å². The van der Waals surface area contributed by atoms with Crippen molar-refractivity contribution in [2.75, 3.05) is 13.1 Å². The predicted octanol–water partition coefficient (Wildman–Crippen LogP) is 1.30. The topological polar surface area (TPSA) is 3.01 Å². The zero-order chi connectivity index (χ0) is 3.70. The Morgan fingerprint density at radius 3 is 2.20 bits per heavy atom. The maximum Gasteiger partial charge on any atom is 0.0235 e. The van der Waals surface area contributed by atoms with Gasteiger partial charge in [0.15, 0.2) is 0 Å². The summed E-state index contributed by atoms with van der Waals surface area (Å²) in [5.41, 5.74) is 0. The van der Waals surface area contributed by atoms with Crippen LogP contribution in [0.15, 0.2) is 0 Å². The van der Waals surface area contributed by atoms with Crippen molar-refractivity contribution in [1.29, 1.82) is 0 Å². The Kier molecular flexibility index (Phi) is 1.40. The third-order valence-corrected chi connectivity index (χ3v) is 2.74. The van der Waals surface area contributed by atoms with Crippen molar-refractivity contribution in [2.45, 2.75) is 0 Å². The summed E-state index contributed by atoms with van der Waals surface area (Å²) in [5, 5.41) is 0. The summed E-state index contributed by atoms with van der Waals surface area (Å²) in [6, 6.07) is 0. The molecule has 1 aliphatic heterocycles. The average Bonchev–Trinajstić information content (AvgIpc) is 2.12. The highest BCUT2D eigenvalue weighted by molar-refractivity contribution is 14.2. The minimum Gasteiger partial charge on any atom is -0.239 e. The minimum atomic E-state index is 1.30. The largest absolute Gasteiger partial charge is 0.239 e. The van der Waals surface area contributed by atoms with Crippen LogP contribution in [0.3, 0.4) is 0 Å². The quantitative estimate of drug-likeness (QED) is 0.357. The highest BCUT2D eigenvalue weighted by atomic mass is 127. The summed E-state index contributed by atoms with van der Waals surface area (Å²) < 4.78 is 2.28. The van der Waals surface area contributed by atoms with Crippen LogP contribution in [0.4, 0.5) is 0 Å². The van der Waals surface area contributed by atoms with Crippen molar-refractivity contribution in [3.63, 3.8) is 0 Å². The molecule has 30 valence electrons. The molecule has 0 spiro atoms. The van der Waals surface area contributed by atoms with Gasteiger partial charge in [-0.1, -0.05) is 0 Å². The monoisotopic (exact) mass is 201 g/mol. The Bertz CT molecular complexity index is 36.6. The third kappa shape index (κ3) is 1.28. The fourth-order valence-corrected chi connectivity index (χ4v) is 1.51. The number of halogens is 1. The van der Waals surface area contributed by atoms with Crippen molar-refractivity contribution in [3.8, 4) is 0 Å². The predicted molar refractivity (Wildman–Crippen MR) is 33.2 cm³/mol. The average molecular weight is 201 g/mol. The van der Waals surface area contributed by atoms with E-state index in [9.17, 15) is 0 Å². The molecule has 0 aromatic rings. The van der Waals surface area contributed by atoms with Crippen LogP contribution in [0.1, 0.15) is 0 Å². The molecule has 0 atom stereocenters. The van der Waals surface area contributed by atoms with E-state index in [-0.39, 0.29) is 0 Å². The molecule has 1 fully saturated rings. The number of rotatable bonds is 1. The van der Waals surface area contributed by atoms with Gasteiger partial charge in [-0.15, -0.1) is 0 Å². The zero-order valence-electron chi connectivity index (χ0n) is 2.65. The van der Waals surface area contributed by atoms with E-state index in [2.05, 4.69) is 25.5 Å². The van der Waals surface area contributed by atoms with Gasteiger partial charge in [-0.05, 0) is 9.12 Å². The molecule has 0 aliphatic carbocycles. The maximum atomic E-state index is 2.28. The van der Waals surface area contributed by atoms with Gasteiger partial charge in [-0.25, -0.2) is 4.31 Å². The number of hydrogen-bond acceptors (Lipinski definition) is 2. The smallest absolute Gasteiger partial charge is 0.0235 e. The van der Waals surface area contributed by atoms with Gasteiger partial charge < -0.3 is 0 Å². The lowest BCUT2D eigenvalue weighted by Crippen LogP contribution is -1.66. The Balaban J connectivity index is 2.00. The summed E-state index contributed by atoms with van der Waals surface area (Å²) in [6.07, 6.45) is 0. The molecule has 1 nitrogen and oxygen atoms in total. The van der Waals surface area contributed by atoms with Crippen LogP contribution in [-0.2, 0) is 0 Å². The van der Waals surface area contributed by atoms with Crippen LogP contribution < -0.4 is 0 Å². The van der Waals surface area contributed by atoms with E-state index in [1.54, 1.807) is 9.12 Å². The molecule has 1 aliphatic rings. The zero-order valence-corrected chi connectivity index (χ0v) is 5.62. The van der Waals surface area contributed by atoms with Crippen molar-refractivity contribution in [1.82, 2.24) is 4.31 Å². The highest BCUT2D eigenvalue weighted by Gasteiger charge is 2.14. The Morgan fingerprint density at radius 2 is 2.20 bits per heavy atom. The second kappa shape index (κ2) is 1.66. The van der Waals surface area contributed by atoms with Crippen molar-refractivity contribution < 1.29 is 0 Å². The number of hydrogen-bond donors (Lipinski definition) is 0.